The van der Waals surface area contributed by atoms with Gasteiger partial charge in [-0.25, -0.2) is 4.79 Å². The molecule has 1 N–H and O–H groups in total. The molecule has 0 aliphatic carbocycles. The quantitative estimate of drug-likeness (QED) is 0.590. The molecule has 0 fully saturated rings. The van der Waals surface area contributed by atoms with Crippen molar-refractivity contribution in [2.75, 3.05) is 6.61 Å². The number of ketones is 1. The third kappa shape index (κ3) is 5.03. The highest BCUT2D eigenvalue weighted by Gasteiger charge is 2.17. The zero-order valence-electron chi connectivity index (χ0n) is 14.2. The molecule has 0 aliphatic rings. The number of carbonyl (C=O) groups excluding carboxylic acids is 3. The van der Waals surface area contributed by atoms with Crippen LogP contribution in [0.3, 0.4) is 0 Å². The smallest absolute Gasteiger partial charge is 0.355 e. The molecule has 1 atom stereocenters. The van der Waals surface area contributed by atoms with Crippen LogP contribution in [0.5, 0.6) is 0 Å². The molecule has 1 aromatic heterocycles. The monoisotopic (exact) mass is 406 g/mol. The van der Waals surface area contributed by atoms with E-state index in [0.717, 1.165) is 10.0 Å². The molecule has 0 spiro atoms. The van der Waals surface area contributed by atoms with Gasteiger partial charge in [-0.1, -0.05) is 28.1 Å². The summed E-state index contributed by atoms with van der Waals surface area (Å²) in [6, 6.07) is 8.81. The van der Waals surface area contributed by atoms with Gasteiger partial charge in [-0.15, -0.1) is 0 Å². The van der Waals surface area contributed by atoms with Crippen LogP contribution in [0.15, 0.2) is 41.0 Å². The van der Waals surface area contributed by atoms with Gasteiger partial charge in [0.25, 0.3) is 5.91 Å². The first-order valence-corrected chi connectivity index (χ1v) is 8.46. The second-order valence-corrected chi connectivity index (χ2v) is 6.61. The number of rotatable bonds is 6. The molecule has 2 aromatic rings. The van der Waals surface area contributed by atoms with Crippen molar-refractivity contribution in [2.45, 2.75) is 19.9 Å². The third-order valence-electron chi connectivity index (χ3n) is 3.70. The molecule has 2 rings (SSSR count). The summed E-state index contributed by atoms with van der Waals surface area (Å²) in [5, 5.41) is 2.77. The summed E-state index contributed by atoms with van der Waals surface area (Å²) < 4.78 is 7.49. The first-order valence-electron chi connectivity index (χ1n) is 7.67. The number of Topliss-reactive ketones (excluding diaryl/α,β-unsaturated/α-hetero) is 1. The maximum Gasteiger partial charge on any atom is 0.355 e. The Labute approximate surface area is 154 Å². The molecule has 0 saturated carbocycles. The molecule has 0 aliphatic heterocycles. The normalized spacial score (nSPS) is 11.7. The van der Waals surface area contributed by atoms with Gasteiger partial charge in [0.1, 0.15) is 5.69 Å². The summed E-state index contributed by atoms with van der Waals surface area (Å²) in [4.78, 5) is 35.4. The Morgan fingerprint density at radius 1 is 1.24 bits per heavy atom. The van der Waals surface area contributed by atoms with E-state index in [-0.39, 0.29) is 24.1 Å². The topological polar surface area (TPSA) is 77.4 Å². The minimum Gasteiger partial charge on any atom is -0.451 e. The second-order valence-electron chi connectivity index (χ2n) is 5.70. The van der Waals surface area contributed by atoms with Crippen molar-refractivity contribution in [3.8, 4) is 0 Å². The Morgan fingerprint density at radius 2 is 1.88 bits per heavy atom. The van der Waals surface area contributed by atoms with Crippen molar-refractivity contribution < 1.29 is 19.1 Å². The van der Waals surface area contributed by atoms with Crippen molar-refractivity contribution in [3.05, 3.63) is 57.8 Å². The molecule has 1 aromatic carbocycles. The summed E-state index contributed by atoms with van der Waals surface area (Å²) in [7, 11) is 1.64. The van der Waals surface area contributed by atoms with Crippen LogP contribution < -0.4 is 5.32 Å². The SMILES string of the molecule is CC(=O)c1cc(C(=O)OCC(=O)N[C@@H](C)c2ccc(Br)cc2)n(C)c1. The summed E-state index contributed by atoms with van der Waals surface area (Å²) >= 11 is 3.36. The van der Waals surface area contributed by atoms with E-state index in [0.29, 0.717) is 5.56 Å². The molecule has 25 heavy (non-hydrogen) atoms. The van der Waals surface area contributed by atoms with Gasteiger partial charge in [-0.2, -0.15) is 0 Å². The molecule has 0 unspecified atom stereocenters. The minimum absolute atomic E-state index is 0.143. The molecule has 0 bridgehead atoms. The number of aromatic nitrogens is 1. The van der Waals surface area contributed by atoms with E-state index >= 15 is 0 Å². The number of hydrogen-bond acceptors (Lipinski definition) is 4. The van der Waals surface area contributed by atoms with Gasteiger partial charge in [0.05, 0.1) is 6.04 Å². The number of carbonyl (C=O) groups is 3. The van der Waals surface area contributed by atoms with Gasteiger partial charge in [0, 0.05) is 23.3 Å². The van der Waals surface area contributed by atoms with E-state index in [1.54, 1.807) is 13.2 Å². The number of ether oxygens (including phenoxy) is 1. The number of aryl methyl sites for hydroxylation is 1. The van der Waals surface area contributed by atoms with Crippen LogP contribution in [0.4, 0.5) is 0 Å². The molecule has 7 heteroatoms. The average molecular weight is 407 g/mol. The van der Waals surface area contributed by atoms with Crippen LogP contribution in [0, 0.1) is 0 Å². The second kappa shape index (κ2) is 8.11. The van der Waals surface area contributed by atoms with Crippen molar-refractivity contribution >= 4 is 33.6 Å². The van der Waals surface area contributed by atoms with Crippen molar-refractivity contribution in [3.63, 3.8) is 0 Å². The Morgan fingerprint density at radius 3 is 2.44 bits per heavy atom. The summed E-state index contributed by atoms with van der Waals surface area (Å²) in [6.07, 6.45) is 1.55. The van der Waals surface area contributed by atoms with Crippen molar-refractivity contribution in [1.82, 2.24) is 9.88 Å². The maximum atomic E-state index is 12.1. The van der Waals surface area contributed by atoms with Crippen LogP contribution in [-0.2, 0) is 16.6 Å². The minimum atomic E-state index is -0.651. The Kier molecular flexibility index (Phi) is 6.14. The fraction of sp³-hybridized carbons (Fsp3) is 0.278. The molecule has 1 amide bonds. The summed E-state index contributed by atoms with van der Waals surface area (Å²) in [5.41, 5.74) is 1.58. The Balaban J connectivity index is 1.90. The highest BCUT2D eigenvalue weighted by Crippen LogP contribution is 2.16. The van der Waals surface area contributed by atoms with Crippen LogP contribution in [0.25, 0.3) is 0 Å². The van der Waals surface area contributed by atoms with Gasteiger partial charge in [-0.3, -0.25) is 9.59 Å². The lowest BCUT2D eigenvalue weighted by Crippen LogP contribution is -2.31. The standard InChI is InChI=1S/C18H19BrN2O4/c1-11(13-4-6-15(19)7-5-13)20-17(23)10-25-18(24)16-8-14(12(2)22)9-21(16)3/h4-9,11H,10H2,1-3H3,(H,20,23)/t11-/m0/s1. The molecular weight excluding hydrogens is 388 g/mol. The van der Waals surface area contributed by atoms with Crippen LogP contribution in [0.1, 0.15) is 46.3 Å². The van der Waals surface area contributed by atoms with E-state index in [4.69, 9.17) is 4.74 Å². The van der Waals surface area contributed by atoms with Gasteiger partial charge in [-0.05, 0) is 37.6 Å². The number of nitrogens with one attached hydrogen (secondary N) is 1. The van der Waals surface area contributed by atoms with Gasteiger partial charge in [0.15, 0.2) is 12.4 Å². The fourth-order valence-corrected chi connectivity index (χ4v) is 2.55. The van der Waals surface area contributed by atoms with Gasteiger partial charge >= 0.3 is 5.97 Å². The largest absolute Gasteiger partial charge is 0.451 e. The molecule has 0 saturated heterocycles. The predicted molar refractivity (Wildman–Crippen MR) is 96.4 cm³/mol. The first kappa shape index (κ1) is 18.9. The van der Waals surface area contributed by atoms with E-state index in [1.165, 1.54) is 17.6 Å². The first-order chi connectivity index (χ1) is 11.8. The third-order valence-corrected chi connectivity index (χ3v) is 4.23. The fourth-order valence-electron chi connectivity index (χ4n) is 2.28. The van der Waals surface area contributed by atoms with E-state index < -0.39 is 11.9 Å². The number of hydrogen-bond donors (Lipinski definition) is 1. The van der Waals surface area contributed by atoms with E-state index in [2.05, 4.69) is 21.2 Å². The molecule has 0 radical (unpaired) electrons. The zero-order chi connectivity index (χ0) is 18.6. The lowest BCUT2D eigenvalue weighted by molar-refractivity contribution is -0.124. The van der Waals surface area contributed by atoms with E-state index in [1.807, 2.05) is 31.2 Å². The van der Waals surface area contributed by atoms with Crippen LogP contribution in [0.2, 0.25) is 0 Å². The summed E-state index contributed by atoms with van der Waals surface area (Å²) in [5.74, 6) is -1.19. The molecule has 132 valence electrons. The number of amides is 1. The predicted octanol–water partition coefficient (Wildman–Crippen LogP) is 3.02. The van der Waals surface area contributed by atoms with Gasteiger partial charge < -0.3 is 14.6 Å². The maximum absolute atomic E-state index is 12.1. The number of halogens is 1. The lowest BCUT2D eigenvalue weighted by Gasteiger charge is -2.14. The Hall–Kier alpha value is -2.41. The molecule has 6 nitrogen and oxygen atoms in total. The number of nitrogens with zero attached hydrogens (tertiary/aromatic N) is 1. The number of esters is 1. The Bertz CT molecular complexity index is 796. The summed E-state index contributed by atoms with van der Waals surface area (Å²) in [6.45, 7) is 2.88. The molecule has 1 heterocycles. The number of benzene rings is 1. The average Bonchev–Trinajstić information content (AvgIpc) is 2.95. The van der Waals surface area contributed by atoms with Crippen LogP contribution >= 0.6 is 15.9 Å². The van der Waals surface area contributed by atoms with Gasteiger partial charge in [0.2, 0.25) is 0 Å². The highest BCUT2D eigenvalue weighted by atomic mass is 79.9. The lowest BCUT2D eigenvalue weighted by atomic mass is 10.1. The molecular formula is C18H19BrN2O4. The highest BCUT2D eigenvalue weighted by molar-refractivity contribution is 9.10. The van der Waals surface area contributed by atoms with Crippen molar-refractivity contribution in [2.24, 2.45) is 7.05 Å². The van der Waals surface area contributed by atoms with Crippen LogP contribution in [-0.4, -0.2) is 28.8 Å². The zero-order valence-corrected chi connectivity index (χ0v) is 15.8. The van der Waals surface area contributed by atoms with Crippen molar-refractivity contribution in [1.29, 1.82) is 0 Å². The van der Waals surface area contributed by atoms with E-state index in [9.17, 15) is 14.4 Å².